The molecule has 0 fully saturated rings. The number of fused-ring (bicyclic) bond motifs is 1. The van der Waals surface area contributed by atoms with Crippen LogP contribution in [-0.2, 0) is 4.74 Å². The van der Waals surface area contributed by atoms with Gasteiger partial charge in [-0.05, 0) is 48.4 Å². The van der Waals surface area contributed by atoms with Gasteiger partial charge in [0.1, 0.15) is 5.75 Å². The molecule has 0 bridgehead atoms. The summed E-state index contributed by atoms with van der Waals surface area (Å²) in [5.74, 6) is 1.54. The summed E-state index contributed by atoms with van der Waals surface area (Å²) in [6.07, 6.45) is 7.45. The average molecular weight is 624 g/mol. The molecule has 1 atom stereocenters. The minimum atomic E-state index is -2.87. The van der Waals surface area contributed by atoms with Crippen molar-refractivity contribution in [1.82, 2.24) is 20.4 Å². The van der Waals surface area contributed by atoms with Crippen LogP contribution in [0.1, 0.15) is 21.5 Å². The first kappa shape index (κ1) is 33.1. The number of aryl methyl sites for hydroxylation is 1. The van der Waals surface area contributed by atoms with Crippen molar-refractivity contribution >= 4 is 35.2 Å². The zero-order valence-corrected chi connectivity index (χ0v) is 26.3. The summed E-state index contributed by atoms with van der Waals surface area (Å²) >= 11 is 0. The minimum absolute atomic E-state index is 0.106. The normalized spacial score (nSPS) is 15.5. The van der Waals surface area contributed by atoms with E-state index in [0.29, 0.717) is 38.4 Å². The van der Waals surface area contributed by atoms with E-state index in [0.717, 1.165) is 34.2 Å². The maximum absolute atomic E-state index is 12.8. The third kappa shape index (κ3) is 9.35. The molecule has 3 N–H and O–H groups in total. The van der Waals surface area contributed by atoms with Gasteiger partial charge in [0.2, 0.25) is 6.04 Å². The summed E-state index contributed by atoms with van der Waals surface area (Å²) in [5, 5.41) is 9.65. The number of nitrogens with one attached hydrogen (secondary N) is 3. The smallest absolute Gasteiger partial charge is 0.387 e. The number of nitrogens with zero attached hydrogens (tertiary/aromatic N) is 5. The summed E-state index contributed by atoms with van der Waals surface area (Å²) in [4.78, 5) is 25.8. The molecule has 2 aliphatic rings. The van der Waals surface area contributed by atoms with Crippen LogP contribution in [0.2, 0.25) is 0 Å². The number of hydrogen-bond acceptors (Lipinski definition) is 7. The van der Waals surface area contributed by atoms with Crippen LogP contribution in [-0.4, -0.2) is 112 Å². The molecule has 1 amide bonds. The molecule has 0 saturated carbocycles. The lowest BCUT2D eigenvalue weighted by atomic mass is 10.1. The Morgan fingerprint density at radius 2 is 1.89 bits per heavy atom. The first-order valence-electron chi connectivity index (χ1n) is 14.6. The standard InChI is InChI=1S/C32H40F2N8O3/c1-22-18-25(8-11-27(22)30(43)37-13-16-44-17-14-38-32(40(2)3)41(4)5)39-29-28-20-35-19-24(21-42(28)15-12-36-29)23-6-9-26(10-7-23)45-31(33)34/h6-12,15,18-19,21,28,31H,13-14,16-17,20H2,1-5H3,(H2,36,37,39,43)/p+1. The number of aliphatic imine (C=N–C) groups is 2. The number of allylic oxidation sites excluding steroid dienone is 1. The monoisotopic (exact) mass is 623 g/mol. The number of ether oxygens (including phenoxy) is 2. The van der Waals surface area contributed by atoms with Gasteiger partial charge in [-0.3, -0.25) is 9.79 Å². The van der Waals surface area contributed by atoms with E-state index >= 15 is 0 Å². The Balaban J connectivity index is 1.29. The van der Waals surface area contributed by atoms with Crippen LogP contribution in [0.3, 0.4) is 0 Å². The molecule has 2 aromatic rings. The highest BCUT2D eigenvalue weighted by Crippen LogP contribution is 2.21. The van der Waals surface area contributed by atoms with Crippen molar-refractivity contribution in [2.75, 3.05) is 66.4 Å². The van der Waals surface area contributed by atoms with Gasteiger partial charge in [0, 0.05) is 52.2 Å². The van der Waals surface area contributed by atoms with E-state index in [4.69, 9.17) is 4.74 Å². The third-order valence-corrected chi connectivity index (χ3v) is 6.96. The van der Waals surface area contributed by atoms with Crippen LogP contribution in [0, 0.1) is 6.92 Å². The molecule has 13 heteroatoms. The van der Waals surface area contributed by atoms with Crippen LogP contribution < -0.4 is 20.7 Å². The highest BCUT2D eigenvalue weighted by molar-refractivity contribution is 6.09. The van der Waals surface area contributed by atoms with Crippen molar-refractivity contribution in [3.63, 3.8) is 0 Å². The van der Waals surface area contributed by atoms with Crippen molar-refractivity contribution in [3.8, 4) is 5.75 Å². The number of rotatable bonds is 11. The summed E-state index contributed by atoms with van der Waals surface area (Å²) in [6, 6.07) is 11.9. The molecule has 240 valence electrons. The van der Waals surface area contributed by atoms with Gasteiger partial charge in [0.25, 0.3) is 5.91 Å². The Bertz CT molecular complexity index is 1470. The van der Waals surface area contributed by atoms with E-state index < -0.39 is 6.61 Å². The second kappa shape index (κ2) is 15.8. The maximum Gasteiger partial charge on any atom is 0.387 e. The summed E-state index contributed by atoms with van der Waals surface area (Å²) in [5.41, 5.74) is 3.94. The van der Waals surface area contributed by atoms with E-state index in [1.807, 2.05) is 80.2 Å². The van der Waals surface area contributed by atoms with Gasteiger partial charge in [-0.15, -0.1) is 0 Å². The molecule has 11 nitrogen and oxygen atoms in total. The first-order valence-corrected chi connectivity index (χ1v) is 14.6. The summed E-state index contributed by atoms with van der Waals surface area (Å²) in [7, 11) is 7.78. The van der Waals surface area contributed by atoms with E-state index in [9.17, 15) is 13.6 Å². The molecule has 0 spiro atoms. The first-order chi connectivity index (χ1) is 21.6. The Morgan fingerprint density at radius 1 is 1.13 bits per heavy atom. The van der Waals surface area contributed by atoms with Crippen molar-refractivity contribution in [2.24, 2.45) is 9.98 Å². The molecule has 2 aromatic carbocycles. The van der Waals surface area contributed by atoms with E-state index in [-0.39, 0.29) is 17.7 Å². The lowest BCUT2D eigenvalue weighted by molar-refractivity contribution is -0.473. The van der Waals surface area contributed by atoms with Crippen molar-refractivity contribution in [2.45, 2.75) is 19.6 Å². The quantitative estimate of drug-likeness (QED) is 0.153. The molecule has 0 aromatic heterocycles. The highest BCUT2D eigenvalue weighted by atomic mass is 19.3. The lowest BCUT2D eigenvalue weighted by Gasteiger charge is -2.22. The number of carbonyl (C=O) groups is 1. The highest BCUT2D eigenvalue weighted by Gasteiger charge is 2.30. The topological polar surface area (TPSA) is 106 Å². The molecule has 1 unspecified atom stereocenters. The number of anilines is 1. The molecule has 2 aliphatic heterocycles. The summed E-state index contributed by atoms with van der Waals surface area (Å²) in [6.45, 7) is 1.39. The number of benzene rings is 2. The van der Waals surface area contributed by atoms with Crippen molar-refractivity contribution in [3.05, 3.63) is 77.8 Å². The van der Waals surface area contributed by atoms with E-state index in [2.05, 4.69) is 30.7 Å². The number of alkyl halides is 2. The molecule has 0 saturated heterocycles. The zero-order chi connectivity index (χ0) is 32.3. The molecular weight excluding hydrogens is 582 g/mol. The van der Waals surface area contributed by atoms with Gasteiger partial charge in [-0.25, -0.2) is 4.99 Å². The van der Waals surface area contributed by atoms with Crippen LogP contribution in [0.4, 0.5) is 14.5 Å². The Hall–Kier alpha value is -4.78. The molecule has 0 aliphatic carbocycles. The van der Waals surface area contributed by atoms with Crippen LogP contribution in [0.25, 0.3) is 5.57 Å². The van der Waals surface area contributed by atoms with Crippen LogP contribution in [0.15, 0.2) is 71.0 Å². The van der Waals surface area contributed by atoms with Gasteiger partial charge in [-0.2, -0.15) is 13.4 Å². The van der Waals surface area contributed by atoms with E-state index in [1.165, 1.54) is 12.1 Å². The lowest BCUT2D eigenvalue weighted by Crippen LogP contribution is -2.43. The van der Waals surface area contributed by atoms with E-state index in [1.54, 1.807) is 24.4 Å². The summed E-state index contributed by atoms with van der Waals surface area (Å²) < 4.78 is 37.2. The van der Waals surface area contributed by atoms with Crippen LogP contribution in [0.5, 0.6) is 5.75 Å². The number of guanidine groups is 1. The number of carbonyl (C=O) groups excluding carboxylic acids is 1. The number of amides is 1. The fourth-order valence-electron chi connectivity index (χ4n) is 4.91. The minimum Gasteiger partial charge on any atom is -0.435 e. The number of halogens is 2. The predicted molar refractivity (Wildman–Crippen MR) is 173 cm³/mol. The number of hydrogen-bond donors (Lipinski definition) is 3. The Kier molecular flexibility index (Phi) is 11.6. The largest absolute Gasteiger partial charge is 0.435 e. The number of amidine groups is 1. The van der Waals surface area contributed by atoms with Gasteiger partial charge >= 0.3 is 6.61 Å². The molecular formula is C32H41F2N8O3+. The molecule has 0 radical (unpaired) electrons. The van der Waals surface area contributed by atoms with Crippen molar-refractivity contribution < 1.29 is 27.6 Å². The second-order valence-corrected chi connectivity index (χ2v) is 10.8. The molecule has 4 rings (SSSR count). The van der Waals surface area contributed by atoms with Gasteiger partial charge in [0.15, 0.2) is 24.2 Å². The van der Waals surface area contributed by atoms with Gasteiger partial charge in [0.05, 0.1) is 38.1 Å². The predicted octanol–water partition coefficient (Wildman–Crippen LogP) is 3.21. The Labute approximate surface area is 262 Å². The average Bonchev–Trinajstić information content (AvgIpc) is 3.21. The zero-order valence-electron chi connectivity index (χ0n) is 26.3. The maximum atomic E-state index is 12.8. The fraction of sp³-hybridized carbons (Fsp3) is 0.375. The second-order valence-electron chi connectivity index (χ2n) is 10.8. The van der Waals surface area contributed by atoms with Crippen molar-refractivity contribution in [1.29, 1.82) is 0 Å². The Morgan fingerprint density at radius 3 is 2.58 bits per heavy atom. The van der Waals surface area contributed by atoms with Crippen LogP contribution >= 0.6 is 0 Å². The SMILES string of the molecule is Cc1cc(NC2=NC=C[N+]3=CC(c4ccc(OC(F)F)cc4)=CNCC23)ccc1C(=O)NCCOCCN=C(N(C)C)N(C)C. The van der Waals surface area contributed by atoms with Gasteiger partial charge in [-0.1, -0.05) is 12.1 Å². The fourth-order valence-corrected chi connectivity index (χ4v) is 4.91. The third-order valence-electron chi connectivity index (χ3n) is 6.96. The molecule has 2 heterocycles. The molecule has 45 heavy (non-hydrogen) atoms. The van der Waals surface area contributed by atoms with Gasteiger partial charge < -0.3 is 35.2 Å².